The van der Waals surface area contributed by atoms with E-state index >= 15 is 0 Å². The number of cyclic esters (lactones) is 1. The van der Waals surface area contributed by atoms with Crippen LogP contribution in [0, 0.1) is 0 Å². The molecule has 1 saturated heterocycles. The lowest BCUT2D eigenvalue weighted by Gasteiger charge is -2.22. The summed E-state index contributed by atoms with van der Waals surface area (Å²) in [6.45, 7) is 6.32. The smallest absolute Gasteiger partial charge is 0.414 e. The highest BCUT2D eigenvalue weighted by Gasteiger charge is 2.20. The van der Waals surface area contributed by atoms with E-state index in [1.807, 2.05) is 51.1 Å². The molecule has 0 radical (unpaired) electrons. The highest BCUT2D eigenvalue weighted by molar-refractivity contribution is 5.70. The fourth-order valence-electron chi connectivity index (χ4n) is 2.25. The molecule has 2 rings (SSSR count). The maximum atomic E-state index is 12.1. The molecule has 134 valence electrons. The fraction of sp³-hybridized carbons (Fsp3) is 0.421. The SMILES string of the molecule is CC(C)(C)OC(=O)N[C@H](C=C=CN1CCOC1=O)Cc1ccccc1. The van der Waals surface area contributed by atoms with Crippen LogP contribution in [-0.2, 0) is 15.9 Å². The molecule has 0 aliphatic carbocycles. The van der Waals surface area contributed by atoms with E-state index in [9.17, 15) is 9.59 Å². The Kier molecular flexibility index (Phi) is 6.25. The molecule has 1 aliphatic rings. The van der Waals surface area contributed by atoms with Crippen molar-refractivity contribution in [3.63, 3.8) is 0 Å². The lowest BCUT2D eigenvalue weighted by molar-refractivity contribution is 0.0514. The van der Waals surface area contributed by atoms with E-state index < -0.39 is 11.7 Å². The molecule has 1 aromatic carbocycles. The number of carbonyl (C=O) groups is 2. The van der Waals surface area contributed by atoms with Crippen LogP contribution in [0.2, 0.25) is 0 Å². The summed E-state index contributed by atoms with van der Waals surface area (Å²) in [5.74, 6) is 0. The van der Waals surface area contributed by atoms with Crippen molar-refractivity contribution >= 4 is 12.2 Å². The zero-order valence-electron chi connectivity index (χ0n) is 14.8. The Hall–Kier alpha value is -2.72. The summed E-state index contributed by atoms with van der Waals surface area (Å²) in [7, 11) is 0. The molecule has 1 aliphatic heterocycles. The van der Waals surface area contributed by atoms with E-state index in [4.69, 9.17) is 9.47 Å². The Labute approximate surface area is 148 Å². The summed E-state index contributed by atoms with van der Waals surface area (Å²) in [5, 5.41) is 2.82. The third-order valence-corrected chi connectivity index (χ3v) is 3.32. The van der Waals surface area contributed by atoms with Gasteiger partial charge >= 0.3 is 12.2 Å². The molecule has 0 unspecified atom stereocenters. The number of ether oxygens (including phenoxy) is 2. The van der Waals surface area contributed by atoms with Crippen LogP contribution >= 0.6 is 0 Å². The Balaban J connectivity index is 2.06. The summed E-state index contributed by atoms with van der Waals surface area (Å²) in [5.41, 5.74) is 3.45. The van der Waals surface area contributed by atoms with Crippen molar-refractivity contribution in [1.29, 1.82) is 0 Å². The van der Waals surface area contributed by atoms with E-state index in [2.05, 4.69) is 11.0 Å². The van der Waals surface area contributed by atoms with Gasteiger partial charge in [0.15, 0.2) is 0 Å². The lowest BCUT2D eigenvalue weighted by Crippen LogP contribution is -2.39. The molecule has 0 saturated carbocycles. The van der Waals surface area contributed by atoms with Crippen LogP contribution in [0.4, 0.5) is 9.59 Å². The first kappa shape index (κ1) is 18.6. The summed E-state index contributed by atoms with van der Waals surface area (Å²) in [4.78, 5) is 24.9. The predicted molar refractivity (Wildman–Crippen MR) is 94.0 cm³/mol. The fourth-order valence-corrected chi connectivity index (χ4v) is 2.25. The van der Waals surface area contributed by atoms with Gasteiger partial charge in [0.2, 0.25) is 0 Å². The van der Waals surface area contributed by atoms with Crippen LogP contribution in [0.15, 0.2) is 48.3 Å². The zero-order valence-corrected chi connectivity index (χ0v) is 14.8. The third-order valence-electron chi connectivity index (χ3n) is 3.32. The monoisotopic (exact) mass is 344 g/mol. The van der Waals surface area contributed by atoms with E-state index in [0.29, 0.717) is 19.6 Å². The average Bonchev–Trinajstić information content (AvgIpc) is 2.91. The Morgan fingerprint density at radius 1 is 1.40 bits per heavy atom. The minimum atomic E-state index is -0.569. The second-order valence-electron chi connectivity index (χ2n) is 6.71. The molecule has 1 fully saturated rings. The van der Waals surface area contributed by atoms with Crippen molar-refractivity contribution in [2.45, 2.75) is 38.8 Å². The van der Waals surface area contributed by atoms with E-state index in [1.165, 1.54) is 11.1 Å². The van der Waals surface area contributed by atoms with Crippen LogP contribution in [0.25, 0.3) is 0 Å². The number of nitrogens with one attached hydrogen (secondary N) is 1. The van der Waals surface area contributed by atoms with Crippen LogP contribution in [0.5, 0.6) is 0 Å². The van der Waals surface area contributed by atoms with Gasteiger partial charge in [0, 0.05) is 0 Å². The van der Waals surface area contributed by atoms with Crippen molar-refractivity contribution in [3.8, 4) is 0 Å². The lowest BCUT2D eigenvalue weighted by atomic mass is 10.1. The molecule has 25 heavy (non-hydrogen) atoms. The maximum Gasteiger partial charge on any atom is 0.414 e. The molecule has 0 spiro atoms. The molecule has 1 atom stereocenters. The Bertz CT molecular complexity index is 658. The van der Waals surface area contributed by atoms with Gasteiger partial charge in [-0.3, -0.25) is 4.90 Å². The van der Waals surface area contributed by atoms with Gasteiger partial charge in [-0.05, 0) is 38.8 Å². The summed E-state index contributed by atoms with van der Waals surface area (Å²) < 4.78 is 10.2. The number of hydrogen-bond donors (Lipinski definition) is 1. The number of hydrogen-bond acceptors (Lipinski definition) is 4. The Morgan fingerprint density at radius 2 is 2.12 bits per heavy atom. The number of benzene rings is 1. The zero-order chi connectivity index (χ0) is 18.3. The van der Waals surface area contributed by atoms with Crippen LogP contribution in [0.3, 0.4) is 0 Å². The molecule has 6 heteroatoms. The first-order chi connectivity index (χ1) is 11.8. The van der Waals surface area contributed by atoms with Crippen molar-refractivity contribution in [2.24, 2.45) is 0 Å². The number of nitrogens with zero attached hydrogens (tertiary/aromatic N) is 1. The minimum absolute atomic E-state index is 0.313. The van der Waals surface area contributed by atoms with E-state index in [-0.39, 0.29) is 12.1 Å². The van der Waals surface area contributed by atoms with Crippen molar-refractivity contribution in [1.82, 2.24) is 10.2 Å². The second kappa shape index (κ2) is 8.40. The van der Waals surface area contributed by atoms with Crippen LogP contribution < -0.4 is 5.32 Å². The molecular weight excluding hydrogens is 320 g/mol. The summed E-state index contributed by atoms with van der Waals surface area (Å²) >= 11 is 0. The van der Waals surface area contributed by atoms with Gasteiger partial charge in [0.1, 0.15) is 12.2 Å². The van der Waals surface area contributed by atoms with Gasteiger partial charge < -0.3 is 14.8 Å². The van der Waals surface area contributed by atoms with Gasteiger partial charge in [-0.15, -0.1) is 5.73 Å². The normalized spacial score (nSPS) is 15.0. The largest absolute Gasteiger partial charge is 0.447 e. The number of amides is 2. The summed E-state index contributed by atoms with van der Waals surface area (Å²) in [6.07, 6.45) is 2.95. The van der Waals surface area contributed by atoms with Gasteiger partial charge in [0.25, 0.3) is 0 Å². The first-order valence-electron chi connectivity index (χ1n) is 8.23. The number of alkyl carbamates (subject to hydrolysis) is 1. The van der Waals surface area contributed by atoms with Gasteiger partial charge in [-0.1, -0.05) is 30.3 Å². The van der Waals surface area contributed by atoms with Gasteiger partial charge in [-0.25, -0.2) is 9.59 Å². The molecule has 0 aromatic heterocycles. The molecule has 2 amide bonds. The van der Waals surface area contributed by atoms with Crippen LogP contribution in [-0.4, -0.2) is 41.9 Å². The minimum Gasteiger partial charge on any atom is -0.447 e. The van der Waals surface area contributed by atoms with Crippen LogP contribution in [0.1, 0.15) is 26.3 Å². The highest BCUT2D eigenvalue weighted by Crippen LogP contribution is 2.09. The molecule has 1 aromatic rings. The molecule has 0 bridgehead atoms. The van der Waals surface area contributed by atoms with Gasteiger partial charge in [-0.2, -0.15) is 0 Å². The number of carbonyl (C=O) groups excluding carboxylic acids is 2. The standard InChI is InChI=1S/C19H24N2O4/c1-19(2,3)25-17(22)20-16(14-15-8-5-4-6-9-15)10-7-11-21-12-13-24-18(21)23/h4-6,8-11,16H,12-14H2,1-3H3,(H,20,22)/t7?,16-/m1/s1. The third kappa shape index (κ3) is 6.73. The highest BCUT2D eigenvalue weighted by atomic mass is 16.6. The van der Waals surface area contributed by atoms with Crippen molar-refractivity contribution in [2.75, 3.05) is 13.2 Å². The van der Waals surface area contributed by atoms with E-state index in [1.54, 1.807) is 6.08 Å². The molecular formula is C19H24N2O4. The van der Waals surface area contributed by atoms with E-state index in [0.717, 1.165) is 5.56 Å². The Morgan fingerprint density at radius 3 is 2.72 bits per heavy atom. The molecule has 1 N–H and O–H groups in total. The maximum absolute atomic E-state index is 12.1. The number of rotatable bonds is 5. The van der Waals surface area contributed by atoms with Crippen molar-refractivity contribution in [3.05, 3.63) is 53.9 Å². The topological polar surface area (TPSA) is 67.9 Å². The van der Waals surface area contributed by atoms with Crippen molar-refractivity contribution < 1.29 is 19.1 Å². The second-order valence-corrected chi connectivity index (χ2v) is 6.71. The molecule has 1 heterocycles. The predicted octanol–water partition coefficient (Wildman–Crippen LogP) is 3.24. The molecule has 6 nitrogen and oxygen atoms in total. The first-order valence-corrected chi connectivity index (χ1v) is 8.23. The quantitative estimate of drug-likeness (QED) is 0.833. The summed E-state index contributed by atoms with van der Waals surface area (Å²) in [6, 6.07) is 9.48. The van der Waals surface area contributed by atoms with Gasteiger partial charge in [0.05, 0.1) is 18.8 Å². The average molecular weight is 344 g/mol.